The molecule has 0 aliphatic carbocycles. The zero-order valence-corrected chi connectivity index (χ0v) is 15.7. The number of piperidine rings is 1. The normalized spacial score (nSPS) is 22.3. The highest BCUT2D eigenvalue weighted by Gasteiger charge is 2.29. The van der Waals surface area contributed by atoms with Crippen molar-refractivity contribution in [3.8, 4) is 0 Å². The van der Waals surface area contributed by atoms with E-state index in [-0.39, 0.29) is 12.1 Å². The fraction of sp³-hybridized carbons (Fsp3) is 0.812. The van der Waals surface area contributed by atoms with E-state index in [9.17, 15) is 4.79 Å². The lowest BCUT2D eigenvalue weighted by molar-refractivity contribution is 0.0494. The largest absolute Gasteiger partial charge is 0.444 e. The molecule has 0 aromatic carbocycles. The molecule has 2 heterocycles. The molecular formula is C16H28N4O2S. The van der Waals surface area contributed by atoms with Crippen LogP contribution in [-0.4, -0.2) is 39.7 Å². The van der Waals surface area contributed by atoms with Gasteiger partial charge in [0.1, 0.15) is 11.4 Å². The predicted octanol–water partition coefficient (Wildman–Crippen LogP) is 3.54. The van der Waals surface area contributed by atoms with E-state index >= 15 is 0 Å². The van der Waals surface area contributed by atoms with Crippen molar-refractivity contribution in [1.82, 2.24) is 14.7 Å². The Bertz CT molecular complexity index is 538. The summed E-state index contributed by atoms with van der Waals surface area (Å²) in [5, 5.41) is 3.96. The summed E-state index contributed by atoms with van der Waals surface area (Å²) in [6, 6.07) is 0.463. The Labute approximate surface area is 142 Å². The first kappa shape index (κ1) is 18.0. The quantitative estimate of drug-likeness (QED) is 0.911. The third-order valence-corrected chi connectivity index (χ3v) is 4.56. The molecule has 1 N–H and O–H groups in total. The zero-order chi connectivity index (χ0) is 17.2. The Morgan fingerprint density at radius 3 is 2.65 bits per heavy atom. The Morgan fingerprint density at radius 2 is 2.13 bits per heavy atom. The number of rotatable bonds is 3. The lowest BCUT2D eigenvalue weighted by atomic mass is 9.99. The van der Waals surface area contributed by atoms with Crippen molar-refractivity contribution in [1.29, 1.82) is 0 Å². The van der Waals surface area contributed by atoms with Gasteiger partial charge in [-0.2, -0.15) is 4.37 Å². The highest BCUT2D eigenvalue weighted by atomic mass is 32.1. The molecule has 0 radical (unpaired) electrons. The second-order valence-electron chi connectivity index (χ2n) is 7.50. The lowest BCUT2D eigenvalue weighted by Gasteiger charge is -2.37. The summed E-state index contributed by atoms with van der Waals surface area (Å²) in [6.07, 6.45) is 1.44. The molecule has 2 atom stereocenters. The molecule has 0 saturated carbocycles. The molecular weight excluding hydrogens is 312 g/mol. The second kappa shape index (κ2) is 7.03. The van der Waals surface area contributed by atoms with Crippen LogP contribution in [0.3, 0.4) is 0 Å². The van der Waals surface area contributed by atoms with Crippen molar-refractivity contribution in [2.24, 2.45) is 0 Å². The van der Waals surface area contributed by atoms with E-state index in [0.29, 0.717) is 12.0 Å². The molecule has 1 aliphatic rings. The molecule has 7 heteroatoms. The van der Waals surface area contributed by atoms with Gasteiger partial charge >= 0.3 is 6.09 Å². The number of ether oxygens (including phenoxy) is 1. The number of alkyl carbamates (subject to hydrolysis) is 1. The first-order valence-corrected chi connectivity index (χ1v) is 9.03. The maximum atomic E-state index is 11.9. The van der Waals surface area contributed by atoms with Gasteiger partial charge in [-0.25, -0.2) is 9.78 Å². The van der Waals surface area contributed by atoms with E-state index in [2.05, 4.69) is 40.3 Å². The van der Waals surface area contributed by atoms with Crippen LogP contribution in [0.5, 0.6) is 0 Å². The van der Waals surface area contributed by atoms with Crippen LogP contribution in [-0.2, 0) is 4.74 Å². The average molecular weight is 340 g/mol. The van der Waals surface area contributed by atoms with Gasteiger partial charge in [-0.15, -0.1) is 0 Å². The Hall–Kier alpha value is -1.37. The topological polar surface area (TPSA) is 67.4 Å². The number of aromatic nitrogens is 2. The molecule has 6 nitrogen and oxygen atoms in total. The number of carbonyl (C=O) groups is 1. The van der Waals surface area contributed by atoms with Crippen molar-refractivity contribution in [2.75, 3.05) is 11.4 Å². The van der Waals surface area contributed by atoms with E-state index in [1.807, 2.05) is 20.8 Å². The van der Waals surface area contributed by atoms with Crippen LogP contribution in [0.25, 0.3) is 0 Å². The summed E-state index contributed by atoms with van der Waals surface area (Å²) >= 11 is 1.46. The summed E-state index contributed by atoms with van der Waals surface area (Å²) in [4.78, 5) is 18.8. The van der Waals surface area contributed by atoms with Gasteiger partial charge in [-0.05, 0) is 40.5 Å². The number of hydrogen-bond donors (Lipinski definition) is 1. The minimum atomic E-state index is -0.462. The summed E-state index contributed by atoms with van der Waals surface area (Å²) in [5.74, 6) is 1.26. The average Bonchev–Trinajstić information content (AvgIpc) is 2.85. The number of nitrogens with one attached hydrogen (secondary N) is 1. The first-order valence-electron chi connectivity index (χ1n) is 8.25. The van der Waals surface area contributed by atoms with Crippen LogP contribution in [0.4, 0.5) is 9.93 Å². The second-order valence-corrected chi connectivity index (χ2v) is 8.23. The van der Waals surface area contributed by atoms with Gasteiger partial charge in [0.15, 0.2) is 0 Å². The summed E-state index contributed by atoms with van der Waals surface area (Å²) < 4.78 is 9.77. The number of anilines is 1. The Kier molecular flexibility index (Phi) is 5.49. The van der Waals surface area contributed by atoms with Crippen molar-refractivity contribution in [3.63, 3.8) is 0 Å². The highest BCUT2D eigenvalue weighted by molar-refractivity contribution is 7.09. The molecule has 1 saturated heterocycles. The maximum Gasteiger partial charge on any atom is 0.407 e. The Balaban J connectivity index is 1.90. The zero-order valence-electron chi connectivity index (χ0n) is 14.9. The molecule has 130 valence electrons. The van der Waals surface area contributed by atoms with Crippen LogP contribution >= 0.6 is 11.5 Å². The first-order chi connectivity index (χ1) is 10.7. The summed E-state index contributed by atoms with van der Waals surface area (Å²) in [7, 11) is 0. The monoisotopic (exact) mass is 340 g/mol. The smallest absolute Gasteiger partial charge is 0.407 e. The molecule has 0 bridgehead atoms. The summed E-state index contributed by atoms with van der Waals surface area (Å²) in [5.41, 5.74) is -0.462. The van der Waals surface area contributed by atoms with Crippen LogP contribution in [0.1, 0.15) is 66.1 Å². The van der Waals surface area contributed by atoms with E-state index in [0.717, 1.165) is 30.3 Å². The van der Waals surface area contributed by atoms with Crippen molar-refractivity contribution in [2.45, 2.75) is 78.0 Å². The fourth-order valence-electron chi connectivity index (χ4n) is 2.64. The van der Waals surface area contributed by atoms with E-state index < -0.39 is 5.60 Å². The van der Waals surface area contributed by atoms with Crippen LogP contribution in [0, 0.1) is 0 Å². The predicted molar refractivity (Wildman–Crippen MR) is 93.2 cm³/mol. The van der Waals surface area contributed by atoms with Crippen molar-refractivity contribution >= 4 is 22.8 Å². The maximum absolute atomic E-state index is 11.9. The SMILES string of the molecule is CC(C)c1nsc(N2CCC(NC(=O)OC(C)(C)C)CC2C)n1. The minimum absolute atomic E-state index is 0.147. The number of hydrogen-bond acceptors (Lipinski definition) is 6. The molecule has 1 aliphatic heterocycles. The Morgan fingerprint density at radius 1 is 1.43 bits per heavy atom. The number of nitrogens with zero attached hydrogens (tertiary/aromatic N) is 3. The van der Waals surface area contributed by atoms with Crippen LogP contribution in [0.15, 0.2) is 0 Å². The van der Waals surface area contributed by atoms with Crippen molar-refractivity contribution in [3.05, 3.63) is 5.82 Å². The van der Waals surface area contributed by atoms with E-state index in [4.69, 9.17) is 4.74 Å². The highest BCUT2D eigenvalue weighted by Crippen LogP contribution is 2.28. The molecule has 1 fully saturated rings. The van der Waals surface area contributed by atoms with Gasteiger partial charge < -0.3 is 15.0 Å². The van der Waals surface area contributed by atoms with Gasteiger partial charge in [0.25, 0.3) is 0 Å². The van der Waals surface area contributed by atoms with E-state index in [1.165, 1.54) is 11.5 Å². The van der Waals surface area contributed by atoms with Crippen molar-refractivity contribution < 1.29 is 9.53 Å². The van der Waals surface area contributed by atoms with Gasteiger partial charge in [0.05, 0.1) is 0 Å². The lowest BCUT2D eigenvalue weighted by Crippen LogP contribution is -2.49. The van der Waals surface area contributed by atoms with Crippen LogP contribution < -0.4 is 10.2 Å². The van der Waals surface area contributed by atoms with Gasteiger partial charge in [-0.3, -0.25) is 0 Å². The minimum Gasteiger partial charge on any atom is -0.444 e. The van der Waals surface area contributed by atoms with E-state index in [1.54, 1.807) is 0 Å². The fourth-order valence-corrected chi connectivity index (χ4v) is 3.58. The standard InChI is InChI=1S/C16H28N4O2S/c1-10(2)13-18-14(23-19-13)20-8-7-12(9-11(20)3)17-15(21)22-16(4,5)6/h10-12H,7-9H2,1-6H3,(H,17,21). The number of amides is 1. The molecule has 23 heavy (non-hydrogen) atoms. The molecule has 1 aromatic rings. The molecule has 1 aromatic heterocycles. The molecule has 0 spiro atoms. The molecule has 2 unspecified atom stereocenters. The van der Waals surface area contributed by atoms with Crippen LogP contribution in [0.2, 0.25) is 0 Å². The molecule has 1 amide bonds. The molecule has 2 rings (SSSR count). The third-order valence-electron chi connectivity index (χ3n) is 3.79. The van der Waals surface area contributed by atoms with Gasteiger partial charge in [-0.1, -0.05) is 13.8 Å². The number of carbonyl (C=O) groups excluding carboxylic acids is 1. The van der Waals surface area contributed by atoms with Gasteiger partial charge in [0.2, 0.25) is 5.13 Å². The van der Waals surface area contributed by atoms with Gasteiger partial charge in [0, 0.05) is 36.1 Å². The third kappa shape index (κ3) is 5.06. The summed E-state index contributed by atoms with van der Waals surface area (Å²) in [6.45, 7) is 12.9.